The first-order chi connectivity index (χ1) is 20.8. The number of amides is 2. The van der Waals surface area contributed by atoms with Gasteiger partial charge in [-0.3, -0.25) is 19.7 Å². The standard InChI is InChI=1S/C30H37N5O8S/c1-5-34(6-2)12-11-31-29(37)27-17(3)25(32-18(27)4)15-23-22-14-21(9-10-24(22)33-28(23)36)44(42,43)16-20-8-7-19(30(38)39)13-26(20)35(40)41/h7-8,10,14-15,21,26,32H,5-6,9,11-13,16H2,1-4H3,(H,31,37)(H,33,36)(H,38,39)/p+1/b23-15-. The minimum absolute atomic E-state index is 0.00589. The van der Waals surface area contributed by atoms with Crippen LogP contribution in [0.3, 0.4) is 0 Å². The van der Waals surface area contributed by atoms with E-state index in [0.29, 0.717) is 40.3 Å². The van der Waals surface area contributed by atoms with Crippen molar-refractivity contribution in [2.45, 2.75) is 51.8 Å². The number of fused-ring (bicyclic) bond motifs is 1. The molecule has 2 heterocycles. The maximum Gasteiger partial charge on any atom is 0.331 e. The number of carboxylic acid groups (broad SMARTS) is 1. The Kier molecular flexibility index (Phi) is 9.74. The summed E-state index contributed by atoms with van der Waals surface area (Å²) in [5, 5.41) is 25.5. The summed E-state index contributed by atoms with van der Waals surface area (Å²) >= 11 is 0. The van der Waals surface area contributed by atoms with Crippen molar-refractivity contribution < 1.29 is 37.7 Å². The molecule has 0 bridgehead atoms. The van der Waals surface area contributed by atoms with Crippen LogP contribution in [0.1, 0.15) is 54.0 Å². The normalized spacial score (nSPS) is 20.8. The first-order valence-corrected chi connectivity index (χ1v) is 16.2. The van der Waals surface area contributed by atoms with Crippen LogP contribution in [0.5, 0.6) is 0 Å². The highest BCUT2D eigenvalue weighted by molar-refractivity contribution is 7.92. The molecule has 3 aliphatic rings. The molecule has 1 saturated heterocycles. The van der Waals surface area contributed by atoms with Gasteiger partial charge >= 0.3 is 5.97 Å². The number of aliphatic carboxylic acids is 1. The molecule has 4 rings (SSSR count). The third-order valence-electron chi connectivity index (χ3n) is 8.43. The van der Waals surface area contributed by atoms with Crippen LogP contribution in [0.4, 0.5) is 0 Å². The molecule has 0 spiro atoms. The Morgan fingerprint density at radius 2 is 1.93 bits per heavy atom. The molecule has 1 aromatic rings. The summed E-state index contributed by atoms with van der Waals surface area (Å²) in [6.07, 6.45) is 6.75. The Hall–Kier alpha value is -4.30. The van der Waals surface area contributed by atoms with E-state index in [-0.39, 0.29) is 29.0 Å². The summed E-state index contributed by atoms with van der Waals surface area (Å²) in [5.74, 6) is -2.56. The molecule has 2 atom stereocenters. The van der Waals surface area contributed by atoms with Gasteiger partial charge in [0, 0.05) is 38.7 Å². The number of nitro groups is 1. The van der Waals surface area contributed by atoms with Crippen molar-refractivity contribution in [1.82, 2.24) is 15.6 Å². The fourth-order valence-electron chi connectivity index (χ4n) is 5.77. The molecular weight excluding hydrogens is 590 g/mol. The minimum Gasteiger partial charge on any atom is -0.478 e. The third kappa shape index (κ3) is 6.76. The Labute approximate surface area is 255 Å². The second-order valence-electron chi connectivity index (χ2n) is 11.2. The van der Waals surface area contributed by atoms with Gasteiger partial charge < -0.3 is 25.6 Å². The summed E-state index contributed by atoms with van der Waals surface area (Å²) in [4.78, 5) is 52.8. The summed E-state index contributed by atoms with van der Waals surface area (Å²) in [7, 11) is -3.98. The summed E-state index contributed by atoms with van der Waals surface area (Å²) in [6, 6.07) is -1.46. The van der Waals surface area contributed by atoms with Crippen molar-refractivity contribution in [2.24, 2.45) is 0 Å². The van der Waals surface area contributed by atoms with E-state index >= 15 is 0 Å². The van der Waals surface area contributed by atoms with Gasteiger partial charge in [0.25, 0.3) is 11.8 Å². The van der Waals surface area contributed by atoms with E-state index < -0.39 is 50.1 Å². The number of rotatable bonds is 12. The molecule has 0 aromatic carbocycles. The zero-order valence-electron chi connectivity index (χ0n) is 25.2. The SMILES string of the molecule is CC[NH+](CC)CCNC(=O)c1c(C)[nH]c(/C=C2\C(=O)NC3=CCC(S(=O)(=O)CC4=CC=C(C(=O)O)CC4[N+](=O)[O-])C=C32)c1C. The van der Waals surface area contributed by atoms with Gasteiger partial charge in [0.15, 0.2) is 9.84 Å². The van der Waals surface area contributed by atoms with E-state index in [4.69, 9.17) is 0 Å². The van der Waals surface area contributed by atoms with Gasteiger partial charge in [-0.05, 0) is 45.8 Å². The Bertz CT molecular complexity index is 1660. The fraction of sp³-hybridized carbons (Fsp3) is 0.433. The highest BCUT2D eigenvalue weighted by Crippen LogP contribution is 2.35. The fourth-order valence-corrected chi connectivity index (χ4v) is 7.47. The molecule has 1 aliphatic heterocycles. The largest absolute Gasteiger partial charge is 0.478 e. The van der Waals surface area contributed by atoms with Crippen molar-refractivity contribution in [3.05, 3.63) is 84.9 Å². The average molecular weight is 629 g/mol. The zero-order chi connectivity index (χ0) is 32.3. The Morgan fingerprint density at radius 3 is 2.57 bits per heavy atom. The van der Waals surface area contributed by atoms with Crippen LogP contribution in [-0.2, 0) is 19.4 Å². The predicted octanol–water partition coefficient (Wildman–Crippen LogP) is 0.783. The van der Waals surface area contributed by atoms with Crippen LogP contribution < -0.4 is 15.5 Å². The maximum absolute atomic E-state index is 13.5. The van der Waals surface area contributed by atoms with Crippen molar-refractivity contribution in [1.29, 1.82) is 0 Å². The van der Waals surface area contributed by atoms with Crippen LogP contribution in [0.25, 0.3) is 6.08 Å². The van der Waals surface area contributed by atoms with Gasteiger partial charge in [0.2, 0.25) is 6.04 Å². The van der Waals surface area contributed by atoms with E-state index in [1.54, 1.807) is 26.0 Å². The van der Waals surface area contributed by atoms with Gasteiger partial charge in [-0.25, -0.2) is 13.2 Å². The summed E-state index contributed by atoms with van der Waals surface area (Å²) < 4.78 is 26.9. The number of aryl methyl sites for hydroxylation is 1. The molecule has 1 fully saturated rings. The van der Waals surface area contributed by atoms with E-state index in [1.165, 1.54) is 23.1 Å². The first-order valence-electron chi connectivity index (χ1n) is 14.5. The molecule has 0 saturated carbocycles. The molecule has 44 heavy (non-hydrogen) atoms. The van der Waals surface area contributed by atoms with E-state index in [1.807, 2.05) is 0 Å². The molecule has 2 unspecified atom stereocenters. The topological polar surface area (TPSA) is 193 Å². The van der Waals surface area contributed by atoms with Crippen molar-refractivity contribution in [3.8, 4) is 0 Å². The number of nitrogens with zero attached hydrogens (tertiary/aromatic N) is 1. The number of hydrogen-bond donors (Lipinski definition) is 5. The molecule has 2 aliphatic carbocycles. The van der Waals surface area contributed by atoms with E-state index in [9.17, 15) is 38.0 Å². The highest BCUT2D eigenvalue weighted by Gasteiger charge is 2.38. The number of quaternary nitrogens is 1. The number of aromatic nitrogens is 1. The molecule has 14 heteroatoms. The van der Waals surface area contributed by atoms with E-state index in [2.05, 4.69) is 29.5 Å². The number of nitrogens with one attached hydrogen (secondary N) is 4. The quantitative estimate of drug-likeness (QED) is 0.127. The number of H-pyrrole nitrogens is 1. The molecule has 0 radical (unpaired) electrons. The van der Waals surface area contributed by atoms with Crippen LogP contribution >= 0.6 is 0 Å². The molecule has 13 nitrogen and oxygen atoms in total. The monoisotopic (exact) mass is 628 g/mol. The van der Waals surface area contributed by atoms with Gasteiger partial charge in [-0.15, -0.1) is 0 Å². The zero-order valence-corrected chi connectivity index (χ0v) is 26.0. The lowest BCUT2D eigenvalue weighted by atomic mass is 9.95. The van der Waals surface area contributed by atoms with Crippen molar-refractivity contribution in [3.63, 3.8) is 0 Å². The van der Waals surface area contributed by atoms with Crippen LogP contribution in [0.2, 0.25) is 0 Å². The highest BCUT2D eigenvalue weighted by atomic mass is 32.2. The molecule has 5 N–H and O–H groups in total. The van der Waals surface area contributed by atoms with E-state index in [0.717, 1.165) is 19.6 Å². The van der Waals surface area contributed by atoms with Gasteiger partial charge in [-0.1, -0.05) is 24.3 Å². The van der Waals surface area contributed by atoms with Crippen LogP contribution in [-0.4, -0.2) is 84.4 Å². The Morgan fingerprint density at radius 1 is 1.23 bits per heavy atom. The van der Waals surface area contributed by atoms with Gasteiger partial charge in [-0.2, -0.15) is 0 Å². The number of carboxylic acids is 1. The average Bonchev–Trinajstić information content (AvgIpc) is 3.43. The summed E-state index contributed by atoms with van der Waals surface area (Å²) in [5.41, 5.74) is 3.25. The number of sulfone groups is 1. The summed E-state index contributed by atoms with van der Waals surface area (Å²) in [6.45, 7) is 11.0. The lowest BCUT2D eigenvalue weighted by Gasteiger charge is -2.21. The smallest absolute Gasteiger partial charge is 0.331 e. The number of carbonyl (C=O) groups excluding carboxylic acids is 2. The van der Waals surface area contributed by atoms with Crippen molar-refractivity contribution >= 4 is 33.7 Å². The maximum atomic E-state index is 13.5. The van der Waals surface area contributed by atoms with Gasteiger partial charge in [0.05, 0.1) is 54.7 Å². The second-order valence-corrected chi connectivity index (χ2v) is 13.4. The Balaban J connectivity index is 1.58. The molecular formula is C30H38N5O8S+. The van der Waals surface area contributed by atoms with Crippen molar-refractivity contribution in [2.75, 3.05) is 31.9 Å². The van der Waals surface area contributed by atoms with Gasteiger partial charge in [0.1, 0.15) is 0 Å². The third-order valence-corrected chi connectivity index (χ3v) is 10.4. The molecule has 236 valence electrons. The first kappa shape index (κ1) is 32.6. The predicted molar refractivity (Wildman–Crippen MR) is 163 cm³/mol. The number of allylic oxidation sites excluding steroid dienone is 4. The second kappa shape index (κ2) is 13.1. The molecule has 2 amide bonds. The van der Waals surface area contributed by atoms with Crippen LogP contribution in [0.15, 0.2) is 52.3 Å². The number of likely N-dealkylation sites (N-methyl/N-ethyl adjacent to an activating group) is 1. The lowest BCUT2D eigenvalue weighted by molar-refractivity contribution is -0.895. The van der Waals surface area contributed by atoms with Crippen LogP contribution in [0, 0.1) is 24.0 Å². The molecule has 1 aromatic heterocycles. The number of carbonyl (C=O) groups is 3. The lowest BCUT2D eigenvalue weighted by Crippen LogP contribution is -3.12. The number of aromatic amines is 1. The number of hydrogen-bond acceptors (Lipinski definition) is 7. The minimum atomic E-state index is -3.98.